The second-order valence-electron chi connectivity index (χ2n) is 3.69. The minimum absolute atomic E-state index is 0.0582. The first-order valence-corrected chi connectivity index (χ1v) is 6.16. The predicted molar refractivity (Wildman–Crippen MR) is 67.0 cm³/mol. The number of nitrogens with one attached hydrogen (secondary N) is 1. The average molecular weight is 239 g/mol. The highest BCUT2D eigenvalue weighted by Gasteiger charge is 2.04. The van der Waals surface area contributed by atoms with Gasteiger partial charge in [0.2, 0.25) is 5.91 Å². The third-order valence-corrected chi connectivity index (χ3v) is 2.85. The summed E-state index contributed by atoms with van der Waals surface area (Å²) in [4.78, 5) is 12.5. The van der Waals surface area contributed by atoms with Gasteiger partial charge in [0, 0.05) is 10.9 Å². The van der Waals surface area contributed by atoms with Crippen LogP contribution in [-0.2, 0) is 4.79 Å². The number of amides is 1. The molecule has 0 aliphatic heterocycles. The summed E-state index contributed by atoms with van der Waals surface area (Å²) in [5.41, 5.74) is 0. The van der Waals surface area contributed by atoms with Gasteiger partial charge in [-0.3, -0.25) is 4.79 Å². The Balaban J connectivity index is 2.45. The molecule has 0 aliphatic carbocycles. The van der Waals surface area contributed by atoms with Gasteiger partial charge < -0.3 is 10.1 Å². The van der Waals surface area contributed by atoms with Crippen LogP contribution in [0.4, 0.5) is 0 Å². The van der Waals surface area contributed by atoms with Crippen molar-refractivity contribution < 1.29 is 9.53 Å². The van der Waals surface area contributed by atoms with Crippen LogP contribution in [0.5, 0.6) is 5.75 Å². The molecule has 0 aromatic heterocycles. The third kappa shape index (κ3) is 4.57. The molecular formula is C12H17NO2S. The molecule has 0 radical (unpaired) electrons. The van der Waals surface area contributed by atoms with E-state index >= 15 is 0 Å². The molecule has 16 heavy (non-hydrogen) atoms. The smallest absolute Gasteiger partial charge is 0.230 e. The summed E-state index contributed by atoms with van der Waals surface area (Å²) in [6, 6.07) is 7.89. The van der Waals surface area contributed by atoms with E-state index in [0.29, 0.717) is 5.75 Å². The van der Waals surface area contributed by atoms with Gasteiger partial charge in [-0.25, -0.2) is 0 Å². The molecule has 3 nitrogen and oxygen atoms in total. The van der Waals surface area contributed by atoms with Gasteiger partial charge in [-0.05, 0) is 32.0 Å². The summed E-state index contributed by atoms with van der Waals surface area (Å²) in [5.74, 6) is 1.31. The zero-order valence-electron chi connectivity index (χ0n) is 9.82. The van der Waals surface area contributed by atoms with Crippen LogP contribution in [0.1, 0.15) is 13.8 Å². The van der Waals surface area contributed by atoms with Gasteiger partial charge in [0.25, 0.3) is 0 Å². The fraction of sp³-hybridized carbons (Fsp3) is 0.417. The second-order valence-corrected chi connectivity index (χ2v) is 4.74. The highest BCUT2D eigenvalue weighted by Crippen LogP contribution is 2.22. The molecule has 1 aromatic carbocycles. The van der Waals surface area contributed by atoms with Crippen molar-refractivity contribution in [2.75, 3.05) is 12.9 Å². The monoisotopic (exact) mass is 239 g/mol. The molecule has 0 saturated carbocycles. The zero-order chi connectivity index (χ0) is 12.0. The lowest BCUT2D eigenvalue weighted by Gasteiger charge is -2.08. The van der Waals surface area contributed by atoms with Crippen molar-refractivity contribution in [1.29, 1.82) is 0 Å². The van der Waals surface area contributed by atoms with E-state index in [4.69, 9.17) is 4.74 Å². The van der Waals surface area contributed by atoms with Crippen molar-refractivity contribution >= 4 is 17.7 Å². The van der Waals surface area contributed by atoms with Gasteiger partial charge in [-0.2, -0.15) is 0 Å². The summed E-state index contributed by atoms with van der Waals surface area (Å²) in [6.07, 6.45) is 0. The lowest BCUT2D eigenvalue weighted by Crippen LogP contribution is -2.31. The highest BCUT2D eigenvalue weighted by molar-refractivity contribution is 8.00. The lowest BCUT2D eigenvalue weighted by molar-refractivity contribution is -0.119. The molecule has 0 spiro atoms. The van der Waals surface area contributed by atoms with Crippen LogP contribution in [0.25, 0.3) is 0 Å². The number of thioether (sulfide) groups is 1. The Morgan fingerprint density at radius 2 is 2.25 bits per heavy atom. The van der Waals surface area contributed by atoms with Gasteiger partial charge in [0.15, 0.2) is 0 Å². The first-order chi connectivity index (χ1) is 7.61. The van der Waals surface area contributed by atoms with Crippen molar-refractivity contribution in [3.8, 4) is 5.75 Å². The van der Waals surface area contributed by atoms with Gasteiger partial charge in [-0.15, -0.1) is 11.8 Å². The minimum atomic E-state index is 0.0582. The van der Waals surface area contributed by atoms with Gasteiger partial charge >= 0.3 is 0 Å². The number of carbonyl (C=O) groups excluding carboxylic acids is 1. The molecular weight excluding hydrogens is 222 g/mol. The Kier molecular flexibility index (Phi) is 5.19. The Morgan fingerprint density at radius 1 is 1.50 bits per heavy atom. The molecule has 0 atom stereocenters. The Hall–Kier alpha value is -1.16. The SMILES string of the molecule is COc1cccc(SCC(=O)NC(C)C)c1. The van der Waals surface area contributed by atoms with Crippen molar-refractivity contribution in [2.45, 2.75) is 24.8 Å². The van der Waals surface area contributed by atoms with Crippen molar-refractivity contribution in [1.82, 2.24) is 5.32 Å². The van der Waals surface area contributed by atoms with Crippen molar-refractivity contribution in [2.24, 2.45) is 0 Å². The van der Waals surface area contributed by atoms with Crippen LogP contribution in [0.15, 0.2) is 29.2 Å². The molecule has 1 aromatic rings. The van der Waals surface area contributed by atoms with E-state index in [2.05, 4.69) is 5.32 Å². The molecule has 0 fully saturated rings. The van der Waals surface area contributed by atoms with Gasteiger partial charge in [0.05, 0.1) is 12.9 Å². The van der Waals surface area contributed by atoms with E-state index in [1.165, 1.54) is 11.8 Å². The molecule has 1 N–H and O–H groups in total. The second kappa shape index (κ2) is 6.43. The molecule has 1 rings (SSSR count). The maximum absolute atomic E-state index is 11.4. The molecule has 88 valence electrons. The largest absolute Gasteiger partial charge is 0.497 e. The maximum atomic E-state index is 11.4. The molecule has 0 saturated heterocycles. The number of rotatable bonds is 5. The number of hydrogen-bond acceptors (Lipinski definition) is 3. The number of carbonyl (C=O) groups is 1. The molecule has 0 aliphatic rings. The summed E-state index contributed by atoms with van der Waals surface area (Å²) in [6.45, 7) is 3.90. The van der Waals surface area contributed by atoms with Crippen LogP contribution in [0.2, 0.25) is 0 Å². The first kappa shape index (κ1) is 12.9. The number of ether oxygens (including phenoxy) is 1. The standard InChI is InChI=1S/C12H17NO2S/c1-9(2)13-12(14)8-16-11-6-4-5-10(7-11)15-3/h4-7,9H,8H2,1-3H3,(H,13,14). The topological polar surface area (TPSA) is 38.3 Å². The van der Waals surface area contributed by atoms with E-state index < -0.39 is 0 Å². The Bertz CT molecular complexity index is 353. The summed E-state index contributed by atoms with van der Waals surface area (Å²) < 4.78 is 5.11. The van der Waals surface area contributed by atoms with Crippen LogP contribution in [0, 0.1) is 0 Å². The van der Waals surface area contributed by atoms with Crippen molar-refractivity contribution in [3.05, 3.63) is 24.3 Å². The van der Waals surface area contributed by atoms with E-state index in [9.17, 15) is 4.79 Å². The fourth-order valence-corrected chi connectivity index (χ4v) is 1.96. The molecule has 1 amide bonds. The Morgan fingerprint density at radius 3 is 2.88 bits per heavy atom. The molecule has 4 heteroatoms. The normalized spacial score (nSPS) is 10.2. The van der Waals surface area contributed by atoms with Crippen LogP contribution < -0.4 is 10.1 Å². The maximum Gasteiger partial charge on any atom is 0.230 e. The Labute approximate surface area is 101 Å². The van der Waals surface area contributed by atoms with Gasteiger partial charge in [-0.1, -0.05) is 6.07 Å². The quantitative estimate of drug-likeness (QED) is 0.801. The van der Waals surface area contributed by atoms with Gasteiger partial charge in [0.1, 0.15) is 5.75 Å². The molecule has 0 heterocycles. The van der Waals surface area contributed by atoms with Crippen LogP contribution >= 0.6 is 11.8 Å². The fourth-order valence-electron chi connectivity index (χ4n) is 1.20. The molecule has 0 bridgehead atoms. The van der Waals surface area contributed by atoms with Crippen LogP contribution in [0.3, 0.4) is 0 Å². The lowest BCUT2D eigenvalue weighted by atomic mass is 10.3. The van der Waals surface area contributed by atoms with Crippen molar-refractivity contribution in [3.63, 3.8) is 0 Å². The number of benzene rings is 1. The summed E-state index contributed by atoms with van der Waals surface area (Å²) in [5, 5.41) is 2.85. The number of hydrogen-bond donors (Lipinski definition) is 1. The predicted octanol–water partition coefficient (Wildman–Crippen LogP) is 2.31. The van der Waals surface area contributed by atoms with E-state index in [1.807, 2.05) is 38.1 Å². The third-order valence-electron chi connectivity index (χ3n) is 1.86. The highest BCUT2D eigenvalue weighted by atomic mass is 32.2. The molecule has 0 unspecified atom stereocenters. The minimum Gasteiger partial charge on any atom is -0.497 e. The van der Waals surface area contributed by atoms with E-state index in [0.717, 1.165) is 10.6 Å². The first-order valence-electron chi connectivity index (χ1n) is 5.18. The van der Waals surface area contributed by atoms with Crippen LogP contribution in [-0.4, -0.2) is 24.8 Å². The van der Waals surface area contributed by atoms with E-state index in [-0.39, 0.29) is 11.9 Å². The zero-order valence-corrected chi connectivity index (χ0v) is 10.6. The van der Waals surface area contributed by atoms with E-state index in [1.54, 1.807) is 7.11 Å². The summed E-state index contributed by atoms with van der Waals surface area (Å²) in [7, 11) is 1.63. The summed E-state index contributed by atoms with van der Waals surface area (Å²) >= 11 is 1.51. The average Bonchev–Trinajstić information content (AvgIpc) is 2.26. The number of methoxy groups -OCH3 is 1.